The van der Waals surface area contributed by atoms with E-state index in [0.29, 0.717) is 5.69 Å². The maximum atomic E-state index is 11.7. The molecule has 1 aromatic heterocycles. The lowest BCUT2D eigenvalue weighted by molar-refractivity contribution is 0.0933. The van der Waals surface area contributed by atoms with Crippen LogP contribution in [0.2, 0.25) is 0 Å². The molecule has 1 aromatic rings. The Bertz CT molecular complexity index is 329. The lowest BCUT2D eigenvalue weighted by atomic mass is 10.1. The number of hydrogen-bond donors (Lipinski definition) is 0. The topological polar surface area (TPSA) is 34.9 Å². The zero-order chi connectivity index (χ0) is 10.1. The Hall–Kier alpha value is -1.12. The van der Waals surface area contributed by atoms with Crippen LogP contribution >= 0.6 is 0 Å². The van der Waals surface area contributed by atoms with Crippen LogP contribution in [0.5, 0.6) is 0 Å². The van der Waals surface area contributed by atoms with Gasteiger partial charge in [0, 0.05) is 18.2 Å². The van der Waals surface area contributed by atoms with E-state index in [-0.39, 0.29) is 11.7 Å². The molecule has 14 heavy (non-hydrogen) atoms. The average Bonchev–Trinajstić information content (AvgIpc) is 2.59. The van der Waals surface area contributed by atoms with E-state index in [9.17, 15) is 4.79 Å². The molecule has 0 saturated carbocycles. The number of fused-ring (bicyclic) bond motifs is 1. The third-order valence-corrected chi connectivity index (χ3v) is 2.69. The van der Waals surface area contributed by atoms with Crippen molar-refractivity contribution in [1.82, 2.24) is 9.78 Å². The van der Waals surface area contributed by atoms with Crippen molar-refractivity contribution in [3.63, 3.8) is 0 Å². The second-order valence-electron chi connectivity index (χ2n) is 4.22. The third kappa shape index (κ3) is 1.59. The highest BCUT2D eigenvalue weighted by Crippen LogP contribution is 2.16. The highest BCUT2D eigenvalue weighted by Gasteiger charge is 2.18. The van der Waals surface area contributed by atoms with Crippen molar-refractivity contribution < 1.29 is 4.79 Å². The predicted octanol–water partition coefficient (Wildman–Crippen LogP) is 2.06. The van der Waals surface area contributed by atoms with Gasteiger partial charge in [0.2, 0.25) is 0 Å². The molecule has 0 radical (unpaired) electrons. The van der Waals surface area contributed by atoms with Gasteiger partial charge in [-0.25, -0.2) is 0 Å². The minimum absolute atomic E-state index is 0.0481. The van der Waals surface area contributed by atoms with Crippen molar-refractivity contribution in [2.45, 2.75) is 39.7 Å². The molecule has 0 amide bonds. The second kappa shape index (κ2) is 3.56. The normalized spacial score (nSPS) is 15.6. The van der Waals surface area contributed by atoms with Crippen molar-refractivity contribution in [2.24, 2.45) is 5.92 Å². The fourth-order valence-corrected chi connectivity index (χ4v) is 1.83. The highest BCUT2D eigenvalue weighted by atomic mass is 16.1. The number of carbonyl (C=O) groups excluding carboxylic acids is 1. The standard InChI is InChI=1S/C11H16N2O/c1-8(2)11(14)10-7-9-5-3-4-6-13(9)12-10/h7-8H,3-6H2,1-2H3. The van der Waals surface area contributed by atoms with Crippen LogP contribution in [0.25, 0.3) is 0 Å². The van der Waals surface area contributed by atoms with Crippen molar-refractivity contribution in [3.8, 4) is 0 Å². The molecule has 0 atom stereocenters. The van der Waals surface area contributed by atoms with Crippen LogP contribution in [0.15, 0.2) is 6.07 Å². The maximum absolute atomic E-state index is 11.7. The first kappa shape index (κ1) is 9.44. The molecule has 0 unspecified atom stereocenters. The SMILES string of the molecule is CC(C)C(=O)c1cc2n(n1)CCCC2. The van der Waals surface area contributed by atoms with E-state index in [1.165, 1.54) is 18.5 Å². The summed E-state index contributed by atoms with van der Waals surface area (Å²) in [5, 5.41) is 4.34. The lowest BCUT2D eigenvalue weighted by Crippen LogP contribution is -2.12. The van der Waals surface area contributed by atoms with Gasteiger partial charge in [0.15, 0.2) is 5.78 Å². The van der Waals surface area contributed by atoms with Gasteiger partial charge in [-0.1, -0.05) is 13.8 Å². The Morgan fingerprint density at radius 3 is 2.93 bits per heavy atom. The fourth-order valence-electron chi connectivity index (χ4n) is 1.83. The Kier molecular flexibility index (Phi) is 2.40. The smallest absolute Gasteiger partial charge is 0.185 e. The summed E-state index contributed by atoms with van der Waals surface area (Å²) in [6, 6.07) is 1.96. The van der Waals surface area contributed by atoms with Crippen molar-refractivity contribution in [1.29, 1.82) is 0 Å². The molecule has 0 bridgehead atoms. The van der Waals surface area contributed by atoms with E-state index in [1.54, 1.807) is 0 Å². The van der Waals surface area contributed by atoms with Gasteiger partial charge in [0.25, 0.3) is 0 Å². The third-order valence-electron chi connectivity index (χ3n) is 2.69. The molecule has 1 aliphatic rings. The summed E-state index contributed by atoms with van der Waals surface area (Å²) in [5.74, 6) is 0.207. The van der Waals surface area contributed by atoms with E-state index in [0.717, 1.165) is 13.0 Å². The summed E-state index contributed by atoms with van der Waals surface area (Å²) in [4.78, 5) is 11.7. The number of aryl methyl sites for hydroxylation is 2. The summed E-state index contributed by atoms with van der Waals surface area (Å²) >= 11 is 0. The second-order valence-corrected chi connectivity index (χ2v) is 4.22. The van der Waals surface area contributed by atoms with E-state index in [2.05, 4.69) is 5.10 Å². The number of Topliss-reactive ketones (excluding diaryl/α,β-unsaturated/α-hetero) is 1. The van der Waals surface area contributed by atoms with Crippen LogP contribution in [-0.2, 0) is 13.0 Å². The van der Waals surface area contributed by atoms with Gasteiger partial charge in [0.1, 0.15) is 5.69 Å². The quantitative estimate of drug-likeness (QED) is 0.672. The molecule has 3 heteroatoms. The van der Waals surface area contributed by atoms with Gasteiger partial charge in [-0.15, -0.1) is 0 Å². The molecule has 0 N–H and O–H groups in total. The number of carbonyl (C=O) groups is 1. The van der Waals surface area contributed by atoms with Crippen molar-refractivity contribution in [2.75, 3.05) is 0 Å². The van der Waals surface area contributed by atoms with Crippen LogP contribution in [0, 0.1) is 5.92 Å². The average molecular weight is 192 g/mol. The number of nitrogens with zero attached hydrogens (tertiary/aromatic N) is 2. The monoisotopic (exact) mass is 192 g/mol. The molecule has 2 rings (SSSR count). The minimum Gasteiger partial charge on any atom is -0.292 e. The first-order valence-corrected chi connectivity index (χ1v) is 5.29. The summed E-state index contributed by atoms with van der Waals surface area (Å²) in [7, 11) is 0. The lowest BCUT2D eigenvalue weighted by Gasteiger charge is -2.11. The first-order chi connectivity index (χ1) is 6.68. The van der Waals surface area contributed by atoms with E-state index < -0.39 is 0 Å². The molecule has 76 valence electrons. The summed E-state index contributed by atoms with van der Waals surface area (Å²) in [5.41, 5.74) is 1.87. The minimum atomic E-state index is 0.0481. The maximum Gasteiger partial charge on any atom is 0.185 e. The number of hydrogen-bond acceptors (Lipinski definition) is 2. The Labute approximate surface area is 84.1 Å². The van der Waals surface area contributed by atoms with Gasteiger partial charge in [-0.2, -0.15) is 5.10 Å². The molecule has 0 spiro atoms. The fraction of sp³-hybridized carbons (Fsp3) is 0.636. The summed E-state index contributed by atoms with van der Waals surface area (Å²) < 4.78 is 1.99. The van der Waals surface area contributed by atoms with Gasteiger partial charge in [-0.3, -0.25) is 9.48 Å². The largest absolute Gasteiger partial charge is 0.292 e. The van der Waals surface area contributed by atoms with Crippen LogP contribution in [-0.4, -0.2) is 15.6 Å². The Balaban J connectivity index is 2.28. The number of rotatable bonds is 2. The van der Waals surface area contributed by atoms with E-state index in [1.807, 2.05) is 24.6 Å². The highest BCUT2D eigenvalue weighted by molar-refractivity contribution is 5.95. The van der Waals surface area contributed by atoms with Gasteiger partial charge in [0.05, 0.1) is 0 Å². The van der Waals surface area contributed by atoms with Crippen LogP contribution in [0.1, 0.15) is 42.9 Å². The van der Waals surface area contributed by atoms with Crippen LogP contribution in [0.4, 0.5) is 0 Å². The zero-order valence-corrected chi connectivity index (χ0v) is 8.79. The van der Waals surface area contributed by atoms with Crippen LogP contribution < -0.4 is 0 Å². The van der Waals surface area contributed by atoms with Gasteiger partial charge in [-0.05, 0) is 25.3 Å². The molecule has 0 fully saturated rings. The number of aromatic nitrogens is 2. The predicted molar refractivity (Wildman–Crippen MR) is 54.3 cm³/mol. The first-order valence-electron chi connectivity index (χ1n) is 5.29. The molecule has 0 saturated heterocycles. The number of ketones is 1. The Morgan fingerprint density at radius 1 is 1.50 bits per heavy atom. The molecule has 3 nitrogen and oxygen atoms in total. The molecule has 0 aromatic carbocycles. The van der Waals surface area contributed by atoms with Crippen molar-refractivity contribution >= 4 is 5.78 Å². The molecule has 0 aliphatic carbocycles. The molecule has 2 heterocycles. The van der Waals surface area contributed by atoms with Gasteiger partial charge >= 0.3 is 0 Å². The molecular weight excluding hydrogens is 176 g/mol. The zero-order valence-electron chi connectivity index (χ0n) is 8.79. The summed E-state index contributed by atoms with van der Waals surface area (Å²) in [6.45, 7) is 4.81. The Morgan fingerprint density at radius 2 is 2.29 bits per heavy atom. The van der Waals surface area contributed by atoms with Gasteiger partial charge < -0.3 is 0 Å². The molecular formula is C11H16N2O. The summed E-state index contributed by atoms with van der Waals surface area (Å²) in [6.07, 6.45) is 3.48. The van der Waals surface area contributed by atoms with Crippen LogP contribution in [0.3, 0.4) is 0 Å². The van der Waals surface area contributed by atoms with E-state index in [4.69, 9.17) is 0 Å². The van der Waals surface area contributed by atoms with Crippen molar-refractivity contribution in [3.05, 3.63) is 17.5 Å². The molecule has 1 aliphatic heterocycles. The van der Waals surface area contributed by atoms with E-state index >= 15 is 0 Å².